The summed E-state index contributed by atoms with van der Waals surface area (Å²) in [5, 5.41) is 16.6. The molecule has 0 spiro atoms. The molecule has 238 valence electrons. The van der Waals surface area contributed by atoms with E-state index in [4.69, 9.17) is 19.4 Å². The van der Waals surface area contributed by atoms with Gasteiger partial charge in [-0.1, -0.05) is 66.7 Å². The number of para-hydroxylation sites is 2. The number of carboxylic acid groups (broad SMARTS) is 1. The number of aliphatic carboxylic acids is 1. The van der Waals surface area contributed by atoms with E-state index in [1.165, 1.54) is 0 Å². The fraction of sp³-hybridized carbons (Fsp3) is 0.250. The van der Waals surface area contributed by atoms with E-state index in [2.05, 4.69) is 25.9 Å². The molecule has 4 rings (SSSR count). The van der Waals surface area contributed by atoms with Crippen molar-refractivity contribution in [2.24, 2.45) is 0 Å². The molecule has 1 amide bonds. The Balaban J connectivity index is 0.000000707. The van der Waals surface area contributed by atoms with Crippen LogP contribution in [0.15, 0.2) is 97.1 Å². The van der Waals surface area contributed by atoms with Crippen LogP contribution in [0.5, 0.6) is 11.5 Å². The van der Waals surface area contributed by atoms with Crippen LogP contribution >= 0.6 is 0 Å². The predicted octanol–water partition coefficient (Wildman–Crippen LogP) is 5.13. The van der Waals surface area contributed by atoms with Crippen molar-refractivity contribution in [3.8, 4) is 11.5 Å². The minimum Gasteiger partial charge on any atom is -0.492 e. The van der Waals surface area contributed by atoms with E-state index < -0.39 is 18.2 Å². The van der Waals surface area contributed by atoms with Gasteiger partial charge in [-0.15, -0.1) is 0 Å². The molecule has 0 aliphatic carbocycles. The number of halogens is 3. The molecule has 4 N–H and O–H groups in total. The Kier molecular flexibility index (Phi) is 13.4. The zero-order valence-corrected chi connectivity index (χ0v) is 24.5. The van der Waals surface area contributed by atoms with Gasteiger partial charge in [0.25, 0.3) is 0 Å². The first-order valence-corrected chi connectivity index (χ1v) is 13.9. The van der Waals surface area contributed by atoms with E-state index >= 15 is 0 Å². The molecule has 0 fully saturated rings. The van der Waals surface area contributed by atoms with E-state index in [0.29, 0.717) is 44.5 Å². The van der Waals surface area contributed by atoms with Crippen molar-refractivity contribution in [3.63, 3.8) is 0 Å². The number of anilines is 2. The Morgan fingerprint density at radius 2 is 1.33 bits per heavy atom. The van der Waals surface area contributed by atoms with Gasteiger partial charge in [0.05, 0.1) is 13.1 Å². The minimum absolute atomic E-state index is 0.132. The lowest BCUT2D eigenvalue weighted by molar-refractivity contribution is -0.192. The van der Waals surface area contributed by atoms with E-state index in [0.717, 1.165) is 22.8 Å². The van der Waals surface area contributed by atoms with Crippen LogP contribution in [0.4, 0.5) is 24.9 Å². The number of hydrogen-bond donors (Lipinski definition) is 4. The molecule has 0 bridgehead atoms. The predicted molar refractivity (Wildman–Crippen MR) is 163 cm³/mol. The summed E-state index contributed by atoms with van der Waals surface area (Å²) >= 11 is 0. The van der Waals surface area contributed by atoms with Crippen LogP contribution in [-0.2, 0) is 16.0 Å². The summed E-state index contributed by atoms with van der Waals surface area (Å²) in [6, 6.07) is 30.4. The Morgan fingerprint density at radius 3 is 1.87 bits per heavy atom. The summed E-state index contributed by atoms with van der Waals surface area (Å²) in [6.45, 7) is 3.66. The topological polar surface area (TPSA) is 135 Å². The number of carbonyl (C=O) groups excluding carboxylic acids is 1. The first-order valence-electron chi connectivity index (χ1n) is 13.9. The molecule has 0 unspecified atom stereocenters. The van der Waals surface area contributed by atoms with Gasteiger partial charge in [0.1, 0.15) is 36.6 Å². The van der Waals surface area contributed by atoms with Crippen molar-refractivity contribution < 1.29 is 37.3 Å². The van der Waals surface area contributed by atoms with Gasteiger partial charge in [-0.3, -0.25) is 4.79 Å². The summed E-state index contributed by atoms with van der Waals surface area (Å²) in [6.07, 6.45) is -4.58. The molecule has 0 saturated carbocycles. The molecule has 0 aliphatic rings. The second-order valence-corrected chi connectivity index (χ2v) is 9.45. The SMILES string of the molecule is Cc1cc(N[C@@H](Cc2ccccc2)C(=O)NCCOc2ccccc2)nc(NCCOc2ccccc2)n1.O=C(O)C(F)(F)F. The summed E-state index contributed by atoms with van der Waals surface area (Å²) in [5.74, 6) is -0.267. The number of ether oxygens (including phenoxy) is 2. The standard InChI is InChI=1S/C30H33N5O3.C2HF3O2/c1-23-21-28(35-30(33-23)32-18-20-38-26-15-9-4-10-16-26)34-27(22-24-11-5-2-6-12-24)29(36)31-17-19-37-25-13-7-3-8-14-25;3-2(4,5)1(6)7/h2-16,21,27H,17-20,22H2,1H3,(H,31,36)(H2,32,33,34,35);(H,6,7)/t27-;/m0./s1. The summed E-state index contributed by atoms with van der Waals surface area (Å²) in [5.41, 5.74) is 1.83. The zero-order chi connectivity index (χ0) is 32.5. The quantitative estimate of drug-likeness (QED) is 0.141. The Hall–Kier alpha value is -5.33. The average molecular weight is 626 g/mol. The third-order valence-corrected chi connectivity index (χ3v) is 5.83. The lowest BCUT2D eigenvalue weighted by Gasteiger charge is -2.20. The second kappa shape index (κ2) is 17.7. The van der Waals surface area contributed by atoms with E-state index in [9.17, 15) is 18.0 Å². The van der Waals surface area contributed by atoms with Gasteiger partial charge < -0.3 is 30.5 Å². The Morgan fingerprint density at radius 1 is 0.822 bits per heavy atom. The zero-order valence-electron chi connectivity index (χ0n) is 24.5. The molecular formula is C32H34F3N5O5. The van der Waals surface area contributed by atoms with Crippen LogP contribution in [0.3, 0.4) is 0 Å². The van der Waals surface area contributed by atoms with E-state index in [1.807, 2.05) is 104 Å². The molecule has 4 aromatic rings. The number of nitrogens with one attached hydrogen (secondary N) is 3. The lowest BCUT2D eigenvalue weighted by atomic mass is 10.1. The Bertz CT molecular complexity index is 1460. The normalized spacial score (nSPS) is 11.3. The molecule has 1 aromatic heterocycles. The summed E-state index contributed by atoms with van der Waals surface area (Å²) in [7, 11) is 0. The molecule has 45 heavy (non-hydrogen) atoms. The first kappa shape index (κ1) is 34.2. The van der Waals surface area contributed by atoms with Gasteiger partial charge in [-0.25, -0.2) is 9.78 Å². The van der Waals surface area contributed by atoms with E-state index in [-0.39, 0.29) is 5.91 Å². The third kappa shape index (κ3) is 13.2. The number of carboxylic acids is 1. The number of nitrogens with zero attached hydrogens (tertiary/aromatic N) is 2. The van der Waals surface area contributed by atoms with Gasteiger partial charge in [0.2, 0.25) is 11.9 Å². The monoisotopic (exact) mass is 625 g/mol. The number of amides is 1. The summed E-state index contributed by atoms with van der Waals surface area (Å²) in [4.78, 5) is 31.1. The maximum absolute atomic E-state index is 13.2. The number of rotatable bonds is 14. The molecular weight excluding hydrogens is 591 g/mol. The van der Waals surface area contributed by atoms with Crippen LogP contribution in [0.1, 0.15) is 11.3 Å². The van der Waals surface area contributed by atoms with Gasteiger partial charge in [-0.2, -0.15) is 18.2 Å². The number of carbonyl (C=O) groups is 2. The van der Waals surface area contributed by atoms with Crippen LogP contribution < -0.4 is 25.4 Å². The molecule has 13 heteroatoms. The van der Waals surface area contributed by atoms with Crippen molar-refractivity contribution in [1.29, 1.82) is 0 Å². The molecule has 0 radical (unpaired) electrons. The highest BCUT2D eigenvalue weighted by Gasteiger charge is 2.38. The Labute approximate surface area is 258 Å². The molecule has 0 saturated heterocycles. The maximum Gasteiger partial charge on any atom is 0.490 e. The van der Waals surface area contributed by atoms with Crippen molar-refractivity contribution in [1.82, 2.24) is 15.3 Å². The molecule has 10 nitrogen and oxygen atoms in total. The highest BCUT2D eigenvalue weighted by molar-refractivity contribution is 5.84. The minimum atomic E-state index is -5.08. The lowest BCUT2D eigenvalue weighted by Crippen LogP contribution is -2.42. The van der Waals surface area contributed by atoms with Crippen LogP contribution in [-0.4, -0.2) is 65.5 Å². The van der Waals surface area contributed by atoms with Gasteiger partial charge in [-0.05, 0) is 36.8 Å². The first-order chi connectivity index (χ1) is 21.6. The maximum atomic E-state index is 13.2. The highest BCUT2D eigenvalue weighted by atomic mass is 19.4. The number of benzene rings is 3. The smallest absolute Gasteiger partial charge is 0.490 e. The fourth-order valence-corrected chi connectivity index (χ4v) is 3.79. The van der Waals surface area contributed by atoms with Gasteiger partial charge in [0, 0.05) is 18.2 Å². The van der Waals surface area contributed by atoms with Gasteiger partial charge in [0.15, 0.2) is 0 Å². The fourth-order valence-electron chi connectivity index (χ4n) is 3.79. The van der Waals surface area contributed by atoms with Crippen molar-refractivity contribution in [3.05, 3.63) is 108 Å². The number of aryl methyl sites for hydroxylation is 1. The van der Waals surface area contributed by atoms with Crippen LogP contribution in [0, 0.1) is 6.92 Å². The van der Waals surface area contributed by atoms with Gasteiger partial charge >= 0.3 is 12.1 Å². The molecule has 3 aromatic carbocycles. The second-order valence-electron chi connectivity index (χ2n) is 9.45. The van der Waals surface area contributed by atoms with Crippen molar-refractivity contribution in [2.75, 3.05) is 36.9 Å². The van der Waals surface area contributed by atoms with Crippen LogP contribution in [0.2, 0.25) is 0 Å². The van der Waals surface area contributed by atoms with Crippen molar-refractivity contribution >= 4 is 23.6 Å². The average Bonchev–Trinajstić information content (AvgIpc) is 3.02. The molecule has 1 atom stereocenters. The van der Waals surface area contributed by atoms with E-state index in [1.54, 1.807) is 0 Å². The molecule has 0 aliphatic heterocycles. The van der Waals surface area contributed by atoms with Crippen molar-refractivity contribution in [2.45, 2.75) is 25.6 Å². The third-order valence-electron chi connectivity index (χ3n) is 5.83. The number of aromatic nitrogens is 2. The number of hydrogen-bond acceptors (Lipinski definition) is 8. The largest absolute Gasteiger partial charge is 0.492 e. The highest BCUT2D eigenvalue weighted by Crippen LogP contribution is 2.15. The molecule has 1 heterocycles. The number of alkyl halides is 3. The van der Waals surface area contributed by atoms with Crippen LogP contribution in [0.25, 0.3) is 0 Å². The summed E-state index contributed by atoms with van der Waals surface area (Å²) < 4.78 is 43.2.